The van der Waals surface area contributed by atoms with Crippen LogP contribution in [0.15, 0.2) is 18.2 Å². The number of nitrogens with two attached hydrogens (primary N) is 1. The molecule has 118 valence electrons. The summed E-state index contributed by atoms with van der Waals surface area (Å²) in [6.07, 6.45) is 5.19. The number of rotatable bonds is 6. The zero-order chi connectivity index (χ0) is 15.5. The van der Waals surface area contributed by atoms with Gasteiger partial charge in [0.15, 0.2) is 0 Å². The number of anilines is 1. The highest BCUT2D eigenvalue weighted by molar-refractivity contribution is 5.50. The van der Waals surface area contributed by atoms with E-state index in [-0.39, 0.29) is 11.9 Å². The van der Waals surface area contributed by atoms with Gasteiger partial charge in [-0.15, -0.1) is 0 Å². The summed E-state index contributed by atoms with van der Waals surface area (Å²) in [6.45, 7) is 8.50. The molecule has 1 unspecified atom stereocenters. The number of nitrogens with zero attached hydrogens (tertiary/aromatic N) is 1. The lowest BCUT2D eigenvalue weighted by atomic mass is 9.82. The maximum atomic E-state index is 14.4. The summed E-state index contributed by atoms with van der Waals surface area (Å²) in [5.74, 6) is -0.0983. The SMILES string of the molecule is CCC(N)Cc1ccc(N2CCC(CC)(CC)C2)c(F)c1. The molecule has 2 N–H and O–H groups in total. The van der Waals surface area contributed by atoms with Gasteiger partial charge in [0.2, 0.25) is 0 Å². The average Bonchev–Trinajstić information content (AvgIpc) is 2.92. The van der Waals surface area contributed by atoms with Gasteiger partial charge in [0, 0.05) is 19.1 Å². The number of hydrogen-bond donors (Lipinski definition) is 1. The molecule has 0 aliphatic carbocycles. The van der Waals surface area contributed by atoms with Crippen molar-refractivity contribution in [3.63, 3.8) is 0 Å². The van der Waals surface area contributed by atoms with Crippen molar-refractivity contribution < 1.29 is 4.39 Å². The van der Waals surface area contributed by atoms with Crippen LogP contribution in [0.5, 0.6) is 0 Å². The molecule has 2 nitrogen and oxygen atoms in total. The number of halogens is 1. The molecule has 0 amide bonds. The molecule has 1 aliphatic rings. The summed E-state index contributed by atoms with van der Waals surface area (Å²) in [6, 6.07) is 5.76. The van der Waals surface area contributed by atoms with Crippen molar-refractivity contribution in [1.82, 2.24) is 0 Å². The molecular weight excluding hydrogens is 263 g/mol. The second-order valence-electron chi connectivity index (χ2n) is 6.54. The third-order valence-electron chi connectivity index (χ3n) is 5.31. The topological polar surface area (TPSA) is 29.3 Å². The van der Waals surface area contributed by atoms with E-state index in [1.807, 2.05) is 12.1 Å². The molecule has 21 heavy (non-hydrogen) atoms. The van der Waals surface area contributed by atoms with Gasteiger partial charge in [0.25, 0.3) is 0 Å². The normalized spacial score (nSPS) is 19.0. The maximum Gasteiger partial charge on any atom is 0.146 e. The lowest BCUT2D eigenvalue weighted by Crippen LogP contribution is -2.27. The van der Waals surface area contributed by atoms with Crippen molar-refractivity contribution in [3.8, 4) is 0 Å². The van der Waals surface area contributed by atoms with Crippen LogP contribution in [0.1, 0.15) is 52.0 Å². The van der Waals surface area contributed by atoms with Gasteiger partial charge in [-0.1, -0.05) is 26.8 Å². The quantitative estimate of drug-likeness (QED) is 0.854. The first-order chi connectivity index (χ1) is 10.0. The molecular formula is C18H29FN2. The van der Waals surface area contributed by atoms with E-state index in [4.69, 9.17) is 5.73 Å². The Morgan fingerprint density at radius 3 is 2.52 bits per heavy atom. The van der Waals surface area contributed by atoms with Gasteiger partial charge in [-0.3, -0.25) is 0 Å². The van der Waals surface area contributed by atoms with Crippen LogP contribution in [0.4, 0.5) is 10.1 Å². The largest absolute Gasteiger partial charge is 0.369 e. The van der Waals surface area contributed by atoms with Crippen LogP contribution in [0.25, 0.3) is 0 Å². The summed E-state index contributed by atoms with van der Waals surface area (Å²) in [5, 5.41) is 0. The summed E-state index contributed by atoms with van der Waals surface area (Å²) in [4.78, 5) is 2.21. The smallest absolute Gasteiger partial charge is 0.146 e. The minimum absolute atomic E-state index is 0.0983. The van der Waals surface area contributed by atoms with Gasteiger partial charge in [0.1, 0.15) is 5.82 Å². The van der Waals surface area contributed by atoms with Crippen molar-refractivity contribution in [1.29, 1.82) is 0 Å². The summed E-state index contributed by atoms with van der Waals surface area (Å²) < 4.78 is 14.4. The van der Waals surface area contributed by atoms with E-state index in [2.05, 4.69) is 25.7 Å². The zero-order valence-electron chi connectivity index (χ0n) is 13.7. The fourth-order valence-corrected chi connectivity index (χ4v) is 3.35. The average molecular weight is 292 g/mol. The van der Waals surface area contributed by atoms with Crippen LogP contribution < -0.4 is 10.6 Å². The molecule has 0 spiro atoms. The number of benzene rings is 1. The first-order valence-corrected chi connectivity index (χ1v) is 8.32. The van der Waals surface area contributed by atoms with Crippen molar-refractivity contribution >= 4 is 5.69 Å². The predicted octanol–water partition coefficient (Wildman–Crippen LogP) is 4.12. The van der Waals surface area contributed by atoms with Gasteiger partial charge in [-0.25, -0.2) is 4.39 Å². The lowest BCUT2D eigenvalue weighted by molar-refractivity contribution is 0.301. The second kappa shape index (κ2) is 6.78. The highest BCUT2D eigenvalue weighted by Gasteiger charge is 2.35. The van der Waals surface area contributed by atoms with E-state index in [9.17, 15) is 4.39 Å². The Bertz CT molecular complexity index is 468. The molecule has 1 aromatic carbocycles. The van der Waals surface area contributed by atoms with E-state index < -0.39 is 0 Å². The van der Waals surface area contributed by atoms with E-state index in [1.54, 1.807) is 6.07 Å². The van der Waals surface area contributed by atoms with Crippen LogP contribution in [-0.2, 0) is 6.42 Å². The van der Waals surface area contributed by atoms with Crippen LogP contribution in [0, 0.1) is 11.2 Å². The fourth-order valence-electron chi connectivity index (χ4n) is 3.35. The summed E-state index contributed by atoms with van der Waals surface area (Å²) in [7, 11) is 0. The van der Waals surface area contributed by atoms with Gasteiger partial charge >= 0.3 is 0 Å². The highest BCUT2D eigenvalue weighted by Crippen LogP contribution is 2.39. The van der Waals surface area contributed by atoms with Crippen LogP contribution >= 0.6 is 0 Å². The third kappa shape index (κ3) is 3.57. The fraction of sp³-hybridized carbons (Fsp3) is 0.667. The molecule has 1 heterocycles. The summed E-state index contributed by atoms with van der Waals surface area (Å²) >= 11 is 0. The van der Waals surface area contributed by atoms with Crippen LogP contribution in [0.2, 0.25) is 0 Å². The van der Waals surface area contributed by atoms with Crippen molar-refractivity contribution in [2.45, 2.75) is 58.9 Å². The minimum Gasteiger partial charge on any atom is -0.369 e. The Labute approximate surface area is 128 Å². The Hall–Kier alpha value is -1.09. The van der Waals surface area contributed by atoms with Crippen molar-refractivity contribution in [2.75, 3.05) is 18.0 Å². The molecule has 0 bridgehead atoms. The molecule has 1 aliphatic heterocycles. The van der Waals surface area contributed by atoms with Gasteiger partial charge < -0.3 is 10.6 Å². The molecule has 2 rings (SSSR count). The van der Waals surface area contributed by atoms with E-state index in [0.717, 1.165) is 37.2 Å². The van der Waals surface area contributed by atoms with Crippen molar-refractivity contribution in [2.24, 2.45) is 11.1 Å². The Morgan fingerprint density at radius 1 is 1.29 bits per heavy atom. The molecule has 1 saturated heterocycles. The standard InChI is InChI=1S/C18H29FN2/c1-4-15(20)11-14-7-8-17(16(19)12-14)21-10-9-18(5-2,6-3)13-21/h7-8,12,15H,4-6,9-11,13,20H2,1-3H3. The monoisotopic (exact) mass is 292 g/mol. The predicted molar refractivity (Wildman–Crippen MR) is 88.2 cm³/mol. The lowest BCUT2D eigenvalue weighted by Gasteiger charge is -2.27. The maximum absolute atomic E-state index is 14.4. The first kappa shape index (κ1) is 16.3. The molecule has 1 aromatic rings. The molecule has 0 saturated carbocycles. The van der Waals surface area contributed by atoms with Crippen molar-refractivity contribution in [3.05, 3.63) is 29.6 Å². The van der Waals surface area contributed by atoms with E-state index >= 15 is 0 Å². The Kier molecular flexibility index (Phi) is 5.26. The molecule has 0 radical (unpaired) electrons. The Morgan fingerprint density at radius 2 is 2.00 bits per heavy atom. The molecule has 1 fully saturated rings. The zero-order valence-corrected chi connectivity index (χ0v) is 13.7. The van der Waals surface area contributed by atoms with E-state index in [1.165, 1.54) is 19.3 Å². The third-order valence-corrected chi connectivity index (χ3v) is 5.31. The first-order valence-electron chi connectivity index (χ1n) is 8.32. The van der Waals surface area contributed by atoms with Gasteiger partial charge in [0.05, 0.1) is 5.69 Å². The van der Waals surface area contributed by atoms with E-state index in [0.29, 0.717) is 5.41 Å². The highest BCUT2D eigenvalue weighted by atomic mass is 19.1. The molecule has 1 atom stereocenters. The van der Waals surface area contributed by atoms with Gasteiger partial charge in [-0.05, 0) is 55.2 Å². The molecule has 0 aromatic heterocycles. The van der Waals surface area contributed by atoms with Gasteiger partial charge in [-0.2, -0.15) is 0 Å². The minimum atomic E-state index is -0.0983. The summed E-state index contributed by atoms with van der Waals surface area (Å²) in [5.41, 5.74) is 8.08. The Balaban J connectivity index is 2.11. The second-order valence-corrected chi connectivity index (χ2v) is 6.54. The molecule has 3 heteroatoms. The van der Waals surface area contributed by atoms with Crippen LogP contribution in [0.3, 0.4) is 0 Å². The number of hydrogen-bond acceptors (Lipinski definition) is 2. The van der Waals surface area contributed by atoms with Crippen LogP contribution in [-0.4, -0.2) is 19.1 Å².